The van der Waals surface area contributed by atoms with E-state index in [4.69, 9.17) is 0 Å². The molecule has 0 radical (unpaired) electrons. The smallest absolute Gasteiger partial charge is 0.149 e. The summed E-state index contributed by atoms with van der Waals surface area (Å²) in [7, 11) is 0. The SMILES string of the molecule is Cc1nnc2n1CCNC2C.Cl. The van der Waals surface area contributed by atoms with E-state index in [1.54, 1.807) is 0 Å². The van der Waals surface area contributed by atoms with Gasteiger partial charge in [-0.3, -0.25) is 0 Å². The van der Waals surface area contributed by atoms with Gasteiger partial charge in [0, 0.05) is 13.1 Å². The zero-order chi connectivity index (χ0) is 7.84. The van der Waals surface area contributed by atoms with Gasteiger partial charge in [-0.25, -0.2) is 0 Å². The van der Waals surface area contributed by atoms with Crippen molar-refractivity contribution in [2.45, 2.75) is 26.4 Å². The standard InChI is InChI=1S/C7H12N4.ClH/c1-5-7-10-9-6(2)11(7)4-3-8-5;/h5,8H,3-4H2,1-2H3;1H. The zero-order valence-corrected chi connectivity index (χ0v) is 8.06. The van der Waals surface area contributed by atoms with Crippen LogP contribution in [-0.4, -0.2) is 21.3 Å². The van der Waals surface area contributed by atoms with Gasteiger partial charge in [-0.05, 0) is 13.8 Å². The van der Waals surface area contributed by atoms with Crippen molar-refractivity contribution in [1.29, 1.82) is 0 Å². The number of rotatable bonds is 0. The van der Waals surface area contributed by atoms with Gasteiger partial charge in [0.25, 0.3) is 0 Å². The van der Waals surface area contributed by atoms with Crippen LogP contribution in [0.1, 0.15) is 24.6 Å². The number of hydrogen-bond acceptors (Lipinski definition) is 3. The molecule has 0 bridgehead atoms. The molecule has 0 aliphatic carbocycles. The summed E-state index contributed by atoms with van der Waals surface area (Å²) >= 11 is 0. The molecule has 0 aromatic carbocycles. The van der Waals surface area contributed by atoms with Crippen molar-refractivity contribution < 1.29 is 0 Å². The van der Waals surface area contributed by atoms with Crippen LogP contribution < -0.4 is 5.32 Å². The van der Waals surface area contributed by atoms with Gasteiger partial charge in [0.15, 0.2) is 0 Å². The van der Waals surface area contributed by atoms with Gasteiger partial charge in [0.2, 0.25) is 0 Å². The van der Waals surface area contributed by atoms with Gasteiger partial charge in [-0.2, -0.15) is 0 Å². The maximum Gasteiger partial charge on any atom is 0.149 e. The lowest BCUT2D eigenvalue weighted by Gasteiger charge is -2.21. The first-order chi connectivity index (χ1) is 5.29. The van der Waals surface area contributed by atoms with E-state index in [0.29, 0.717) is 6.04 Å². The Morgan fingerprint density at radius 3 is 2.92 bits per heavy atom. The Morgan fingerprint density at radius 1 is 1.50 bits per heavy atom. The molecule has 1 atom stereocenters. The first kappa shape index (κ1) is 9.48. The molecule has 0 spiro atoms. The van der Waals surface area contributed by atoms with Gasteiger partial charge < -0.3 is 9.88 Å². The molecule has 12 heavy (non-hydrogen) atoms. The largest absolute Gasteiger partial charge is 0.313 e. The summed E-state index contributed by atoms with van der Waals surface area (Å²) in [5.74, 6) is 2.09. The first-order valence-corrected chi connectivity index (χ1v) is 3.92. The van der Waals surface area contributed by atoms with Crippen LogP contribution in [0.2, 0.25) is 0 Å². The molecule has 1 aromatic heterocycles. The van der Waals surface area contributed by atoms with E-state index in [1.807, 2.05) is 6.92 Å². The summed E-state index contributed by atoms with van der Waals surface area (Å²) in [4.78, 5) is 0. The first-order valence-electron chi connectivity index (χ1n) is 3.92. The fourth-order valence-corrected chi connectivity index (χ4v) is 1.48. The van der Waals surface area contributed by atoms with E-state index in [2.05, 4.69) is 27.0 Å². The normalized spacial score (nSPS) is 21.3. The number of nitrogens with zero attached hydrogens (tertiary/aromatic N) is 3. The minimum Gasteiger partial charge on any atom is -0.313 e. The van der Waals surface area contributed by atoms with Crippen LogP contribution in [0.3, 0.4) is 0 Å². The molecule has 0 fully saturated rings. The minimum absolute atomic E-state index is 0. The molecule has 68 valence electrons. The highest BCUT2D eigenvalue weighted by Gasteiger charge is 2.18. The summed E-state index contributed by atoms with van der Waals surface area (Å²) in [6.45, 7) is 6.12. The summed E-state index contributed by atoms with van der Waals surface area (Å²) < 4.78 is 2.17. The van der Waals surface area contributed by atoms with Crippen LogP contribution in [0.25, 0.3) is 0 Å². The van der Waals surface area contributed by atoms with Crippen molar-refractivity contribution in [1.82, 2.24) is 20.1 Å². The Hall–Kier alpha value is -0.610. The zero-order valence-electron chi connectivity index (χ0n) is 7.24. The van der Waals surface area contributed by atoms with E-state index in [1.165, 1.54) is 0 Å². The average molecular weight is 189 g/mol. The van der Waals surface area contributed by atoms with Crippen molar-refractivity contribution in [3.05, 3.63) is 11.6 Å². The Balaban J connectivity index is 0.000000720. The van der Waals surface area contributed by atoms with E-state index in [0.717, 1.165) is 24.7 Å². The summed E-state index contributed by atoms with van der Waals surface area (Å²) in [5, 5.41) is 11.4. The monoisotopic (exact) mass is 188 g/mol. The topological polar surface area (TPSA) is 42.7 Å². The van der Waals surface area contributed by atoms with Crippen LogP contribution in [0, 0.1) is 6.92 Å². The summed E-state index contributed by atoms with van der Waals surface area (Å²) in [6, 6.07) is 0.352. The Kier molecular flexibility index (Phi) is 2.69. The quantitative estimate of drug-likeness (QED) is 0.651. The van der Waals surface area contributed by atoms with Crippen LogP contribution in [-0.2, 0) is 6.54 Å². The molecule has 2 rings (SSSR count). The molecule has 2 heterocycles. The molecule has 0 saturated carbocycles. The third kappa shape index (κ3) is 1.32. The number of aromatic nitrogens is 3. The van der Waals surface area contributed by atoms with Crippen LogP contribution in [0.5, 0.6) is 0 Å². The molecule has 5 heteroatoms. The second-order valence-corrected chi connectivity index (χ2v) is 2.93. The third-order valence-corrected chi connectivity index (χ3v) is 2.14. The predicted molar refractivity (Wildman–Crippen MR) is 48.4 cm³/mol. The molecule has 1 aromatic rings. The van der Waals surface area contributed by atoms with Gasteiger partial charge in [0.05, 0.1) is 6.04 Å². The van der Waals surface area contributed by atoms with Gasteiger partial charge in [-0.15, -0.1) is 22.6 Å². The lowest BCUT2D eigenvalue weighted by atomic mass is 10.2. The Bertz CT molecular complexity index is 270. The number of nitrogens with one attached hydrogen (secondary N) is 1. The molecule has 1 aliphatic rings. The van der Waals surface area contributed by atoms with Crippen LogP contribution >= 0.6 is 12.4 Å². The van der Waals surface area contributed by atoms with Gasteiger partial charge in [-0.1, -0.05) is 0 Å². The maximum absolute atomic E-state index is 4.09. The minimum atomic E-state index is 0. The van der Waals surface area contributed by atoms with Crippen molar-refractivity contribution in [3.63, 3.8) is 0 Å². The second-order valence-electron chi connectivity index (χ2n) is 2.93. The number of hydrogen-bond donors (Lipinski definition) is 1. The fourth-order valence-electron chi connectivity index (χ4n) is 1.48. The van der Waals surface area contributed by atoms with Gasteiger partial charge in [0.1, 0.15) is 11.6 Å². The van der Waals surface area contributed by atoms with Crippen molar-refractivity contribution >= 4 is 12.4 Å². The van der Waals surface area contributed by atoms with E-state index in [9.17, 15) is 0 Å². The molecular formula is C7H13ClN4. The van der Waals surface area contributed by atoms with E-state index in [-0.39, 0.29) is 12.4 Å². The highest BCUT2D eigenvalue weighted by atomic mass is 35.5. The molecule has 0 saturated heterocycles. The molecule has 0 amide bonds. The Labute approximate surface area is 77.8 Å². The molecular weight excluding hydrogens is 176 g/mol. The van der Waals surface area contributed by atoms with Crippen LogP contribution in [0.4, 0.5) is 0 Å². The van der Waals surface area contributed by atoms with Crippen molar-refractivity contribution in [3.8, 4) is 0 Å². The number of aryl methyl sites for hydroxylation is 1. The lowest BCUT2D eigenvalue weighted by molar-refractivity contribution is 0.432. The van der Waals surface area contributed by atoms with Crippen LogP contribution in [0.15, 0.2) is 0 Å². The molecule has 4 nitrogen and oxygen atoms in total. The van der Waals surface area contributed by atoms with Crippen molar-refractivity contribution in [2.75, 3.05) is 6.54 Å². The second kappa shape index (κ2) is 3.41. The van der Waals surface area contributed by atoms with E-state index >= 15 is 0 Å². The third-order valence-electron chi connectivity index (χ3n) is 2.14. The number of halogens is 1. The van der Waals surface area contributed by atoms with E-state index < -0.39 is 0 Å². The molecule has 1 aliphatic heterocycles. The average Bonchev–Trinajstić information content (AvgIpc) is 2.35. The molecule has 1 N–H and O–H groups in total. The summed E-state index contributed by atoms with van der Waals surface area (Å²) in [6.07, 6.45) is 0. The summed E-state index contributed by atoms with van der Waals surface area (Å²) in [5.41, 5.74) is 0. The molecule has 1 unspecified atom stereocenters. The lowest BCUT2D eigenvalue weighted by Crippen LogP contribution is -2.32. The predicted octanol–water partition coefficient (Wildman–Crippen LogP) is 0.673. The van der Waals surface area contributed by atoms with Crippen molar-refractivity contribution in [2.24, 2.45) is 0 Å². The Morgan fingerprint density at radius 2 is 2.25 bits per heavy atom. The highest BCUT2D eigenvalue weighted by molar-refractivity contribution is 5.85. The highest BCUT2D eigenvalue weighted by Crippen LogP contribution is 2.14. The number of fused-ring (bicyclic) bond motifs is 1. The fraction of sp³-hybridized carbons (Fsp3) is 0.714. The maximum atomic E-state index is 4.09. The van der Waals surface area contributed by atoms with Gasteiger partial charge >= 0.3 is 0 Å².